The summed E-state index contributed by atoms with van der Waals surface area (Å²) in [6.45, 7) is 15.9. The highest BCUT2D eigenvalue weighted by Crippen LogP contribution is 2.42. The van der Waals surface area contributed by atoms with Crippen LogP contribution in [0.25, 0.3) is 16.3 Å². The summed E-state index contributed by atoms with van der Waals surface area (Å²) in [5.41, 5.74) is 8.44. The molecule has 2 aromatic carbocycles. The topological polar surface area (TPSA) is 0 Å². The molecule has 0 aromatic heterocycles. The Morgan fingerprint density at radius 2 is 1.56 bits per heavy atom. The van der Waals surface area contributed by atoms with Crippen molar-refractivity contribution >= 4 is 16.3 Å². The lowest BCUT2D eigenvalue weighted by molar-refractivity contribution is 1.05. The molecule has 1 aliphatic carbocycles. The first-order valence-electron chi connectivity index (χ1n) is 8.96. The SMILES string of the molecule is C=CCC1=C(CC=C)c2cc(CC=C)c(CC=C)c3cccc(c23)C1. The summed E-state index contributed by atoms with van der Waals surface area (Å²) < 4.78 is 0. The minimum absolute atomic E-state index is 0.883. The Morgan fingerprint density at radius 1 is 0.840 bits per heavy atom. The molecule has 0 aliphatic heterocycles. The van der Waals surface area contributed by atoms with Gasteiger partial charge in [-0.05, 0) is 70.7 Å². The zero-order valence-corrected chi connectivity index (χ0v) is 15.0. The molecule has 0 unspecified atom stereocenters. The summed E-state index contributed by atoms with van der Waals surface area (Å²) in [5.74, 6) is 0. The Hall–Kier alpha value is -2.60. The molecule has 0 nitrogen and oxygen atoms in total. The maximum atomic E-state index is 3.99. The van der Waals surface area contributed by atoms with E-state index in [9.17, 15) is 0 Å². The molecule has 0 heteroatoms. The largest absolute Gasteiger partial charge is 0.103 e. The summed E-state index contributed by atoms with van der Waals surface area (Å²) in [7, 11) is 0. The van der Waals surface area contributed by atoms with Crippen molar-refractivity contribution in [2.45, 2.75) is 32.1 Å². The molecule has 1 aliphatic rings. The van der Waals surface area contributed by atoms with E-state index >= 15 is 0 Å². The van der Waals surface area contributed by atoms with Crippen LogP contribution in [0.4, 0.5) is 0 Å². The fraction of sp³-hybridized carbons (Fsp3) is 0.200. The molecule has 3 rings (SSSR count). The van der Waals surface area contributed by atoms with Crippen molar-refractivity contribution < 1.29 is 0 Å². The molecule has 0 N–H and O–H groups in total. The van der Waals surface area contributed by atoms with E-state index in [1.807, 2.05) is 24.3 Å². The van der Waals surface area contributed by atoms with Crippen LogP contribution in [-0.4, -0.2) is 0 Å². The van der Waals surface area contributed by atoms with Gasteiger partial charge in [-0.2, -0.15) is 0 Å². The maximum Gasteiger partial charge on any atom is -0.00514 e. The average molecular weight is 326 g/mol. The molecular weight excluding hydrogens is 300 g/mol. The Kier molecular flexibility index (Phi) is 5.19. The second kappa shape index (κ2) is 7.53. The van der Waals surface area contributed by atoms with Crippen LogP contribution in [0.1, 0.15) is 35.1 Å². The van der Waals surface area contributed by atoms with Crippen LogP contribution in [0.15, 0.2) is 80.5 Å². The second-order valence-corrected chi connectivity index (χ2v) is 6.63. The molecule has 0 atom stereocenters. The average Bonchev–Trinajstić information content (AvgIpc) is 2.61. The van der Waals surface area contributed by atoms with Crippen molar-refractivity contribution in [3.63, 3.8) is 0 Å². The highest BCUT2D eigenvalue weighted by molar-refractivity contribution is 6.01. The predicted octanol–water partition coefficient (Wildman–Crippen LogP) is 6.76. The van der Waals surface area contributed by atoms with E-state index in [2.05, 4.69) is 50.6 Å². The van der Waals surface area contributed by atoms with Crippen molar-refractivity contribution in [2.24, 2.45) is 0 Å². The first-order chi connectivity index (χ1) is 12.2. The summed E-state index contributed by atoms with van der Waals surface area (Å²) in [6.07, 6.45) is 12.7. The van der Waals surface area contributed by atoms with Gasteiger partial charge in [-0.1, -0.05) is 54.1 Å². The molecule has 0 saturated heterocycles. The lowest BCUT2D eigenvalue weighted by Gasteiger charge is -2.26. The summed E-state index contributed by atoms with van der Waals surface area (Å²) in [6, 6.07) is 9.10. The van der Waals surface area contributed by atoms with Crippen LogP contribution in [0.5, 0.6) is 0 Å². The first kappa shape index (κ1) is 17.2. The van der Waals surface area contributed by atoms with Gasteiger partial charge >= 0.3 is 0 Å². The van der Waals surface area contributed by atoms with Gasteiger partial charge < -0.3 is 0 Å². The molecule has 0 saturated carbocycles. The summed E-state index contributed by atoms with van der Waals surface area (Å²) in [5, 5.41) is 2.78. The van der Waals surface area contributed by atoms with Gasteiger partial charge in [-0.3, -0.25) is 0 Å². The van der Waals surface area contributed by atoms with Gasteiger partial charge in [0.15, 0.2) is 0 Å². The summed E-state index contributed by atoms with van der Waals surface area (Å²) in [4.78, 5) is 0. The van der Waals surface area contributed by atoms with Crippen molar-refractivity contribution in [1.82, 2.24) is 0 Å². The second-order valence-electron chi connectivity index (χ2n) is 6.63. The van der Waals surface area contributed by atoms with E-state index in [0.29, 0.717) is 0 Å². The van der Waals surface area contributed by atoms with Gasteiger partial charge in [0.1, 0.15) is 0 Å². The highest BCUT2D eigenvalue weighted by atomic mass is 14.3. The summed E-state index contributed by atoms with van der Waals surface area (Å²) >= 11 is 0. The van der Waals surface area contributed by atoms with Crippen LogP contribution in [0.3, 0.4) is 0 Å². The number of benzene rings is 2. The van der Waals surface area contributed by atoms with E-state index in [1.54, 1.807) is 0 Å². The standard InChI is InChI=1S/C25H26/c1-5-10-18-16-20-14-9-15-23-21(12-7-3)19(11-6-2)17-24(25(20)23)22(18)13-8-4/h5-9,14-15,17H,1-4,10-13,16H2. The quantitative estimate of drug-likeness (QED) is 0.470. The van der Waals surface area contributed by atoms with E-state index in [1.165, 1.54) is 44.2 Å². The van der Waals surface area contributed by atoms with Gasteiger partial charge in [0.2, 0.25) is 0 Å². The molecule has 0 amide bonds. The van der Waals surface area contributed by atoms with E-state index in [-0.39, 0.29) is 0 Å². The first-order valence-corrected chi connectivity index (χ1v) is 8.96. The highest BCUT2D eigenvalue weighted by Gasteiger charge is 2.22. The molecule has 0 radical (unpaired) electrons. The van der Waals surface area contributed by atoms with Crippen LogP contribution in [0.2, 0.25) is 0 Å². The Morgan fingerprint density at radius 3 is 2.24 bits per heavy atom. The minimum Gasteiger partial charge on any atom is -0.103 e. The molecule has 0 spiro atoms. The molecule has 0 fully saturated rings. The number of allylic oxidation sites excluding steroid dienone is 6. The van der Waals surface area contributed by atoms with E-state index in [4.69, 9.17) is 0 Å². The smallest absolute Gasteiger partial charge is 0.00514 e. The molecule has 2 aromatic rings. The van der Waals surface area contributed by atoms with Gasteiger partial charge in [-0.25, -0.2) is 0 Å². The normalized spacial score (nSPS) is 13.0. The fourth-order valence-electron chi connectivity index (χ4n) is 4.08. The van der Waals surface area contributed by atoms with E-state index in [0.717, 1.165) is 32.1 Å². The third-order valence-electron chi connectivity index (χ3n) is 5.06. The maximum absolute atomic E-state index is 3.99. The lowest BCUT2D eigenvalue weighted by atomic mass is 9.78. The van der Waals surface area contributed by atoms with Crippen molar-refractivity contribution in [1.29, 1.82) is 0 Å². The van der Waals surface area contributed by atoms with Gasteiger partial charge in [-0.15, -0.1) is 26.3 Å². The van der Waals surface area contributed by atoms with Crippen LogP contribution >= 0.6 is 0 Å². The van der Waals surface area contributed by atoms with Gasteiger partial charge in [0.25, 0.3) is 0 Å². The zero-order valence-electron chi connectivity index (χ0n) is 15.0. The van der Waals surface area contributed by atoms with Crippen LogP contribution in [0, 0.1) is 0 Å². The van der Waals surface area contributed by atoms with Crippen molar-refractivity contribution in [3.05, 3.63) is 103 Å². The third kappa shape index (κ3) is 3.05. The number of hydrogen-bond donors (Lipinski definition) is 0. The molecular formula is C25H26. The monoisotopic (exact) mass is 326 g/mol. The van der Waals surface area contributed by atoms with Crippen molar-refractivity contribution in [2.75, 3.05) is 0 Å². The fourth-order valence-corrected chi connectivity index (χ4v) is 4.08. The molecule has 126 valence electrons. The van der Waals surface area contributed by atoms with E-state index < -0.39 is 0 Å². The van der Waals surface area contributed by atoms with Crippen LogP contribution < -0.4 is 0 Å². The Bertz CT molecular complexity index is 890. The number of rotatable bonds is 8. The van der Waals surface area contributed by atoms with Gasteiger partial charge in [0.05, 0.1) is 0 Å². The Labute approximate surface area is 151 Å². The van der Waals surface area contributed by atoms with Crippen molar-refractivity contribution in [3.8, 4) is 0 Å². The third-order valence-corrected chi connectivity index (χ3v) is 5.06. The molecule has 0 bridgehead atoms. The molecule has 25 heavy (non-hydrogen) atoms. The lowest BCUT2D eigenvalue weighted by Crippen LogP contribution is -2.07. The molecule has 0 heterocycles. The Balaban J connectivity index is 2.38. The minimum atomic E-state index is 0.883. The number of hydrogen-bond acceptors (Lipinski definition) is 0. The predicted molar refractivity (Wildman–Crippen MR) is 112 cm³/mol. The van der Waals surface area contributed by atoms with Gasteiger partial charge in [0, 0.05) is 0 Å². The zero-order chi connectivity index (χ0) is 17.8. The van der Waals surface area contributed by atoms with Crippen LogP contribution in [-0.2, 0) is 19.3 Å².